The number of nitrogens with one attached hydrogen (secondary N) is 1. The number of ether oxygens (including phenoxy) is 1. The van der Waals surface area contributed by atoms with E-state index < -0.39 is 24.1 Å². The molecule has 0 aliphatic carbocycles. The van der Waals surface area contributed by atoms with Gasteiger partial charge in [0.15, 0.2) is 18.2 Å². The van der Waals surface area contributed by atoms with E-state index >= 15 is 0 Å². The first-order chi connectivity index (χ1) is 15.6. The lowest BCUT2D eigenvalue weighted by Gasteiger charge is -2.35. The van der Waals surface area contributed by atoms with E-state index in [1.165, 1.54) is 11.9 Å². The maximum Gasteiger partial charge on any atom is 0.263 e. The minimum Gasteiger partial charge on any atom is -0.481 e. The smallest absolute Gasteiger partial charge is 0.263 e. The molecule has 7 nitrogen and oxygen atoms in total. The summed E-state index contributed by atoms with van der Waals surface area (Å²) in [7, 11) is 0. The number of amides is 1. The van der Waals surface area contributed by atoms with Crippen molar-refractivity contribution in [1.82, 2.24) is 14.9 Å². The van der Waals surface area contributed by atoms with Crippen LogP contribution in [0.3, 0.4) is 0 Å². The van der Waals surface area contributed by atoms with Gasteiger partial charge in [-0.3, -0.25) is 9.69 Å². The van der Waals surface area contributed by atoms with Crippen LogP contribution >= 0.6 is 0 Å². The third-order valence-corrected chi connectivity index (χ3v) is 5.12. The lowest BCUT2D eigenvalue weighted by atomic mass is 10.2. The van der Waals surface area contributed by atoms with E-state index in [0.717, 1.165) is 50.7 Å². The summed E-state index contributed by atoms with van der Waals surface area (Å²) in [6.45, 7) is 3.90. The van der Waals surface area contributed by atoms with Crippen LogP contribution in [0.15, 0.2) is 60.9 Å². The van der Waals surface area contributed by atoms with Gasteiger partial charge in [-0.1, -0.05) is 30.3 Å². The number of nitrogens with zero attached hydrogens (tertiary/aromatic N) is 4. The molecule has 0 saturated carbocycles. The average Bonchev–Trinajstić information content (AvgIpc) is 2.80. The Balaban J connectivity index is 1.28. The van der Waals surface area contributed by atoms with Gasteiger partial charge >= 0.3 is 0 Å². The molecule has 2 heterocycles. The van der Waals surface area contributed by atoms with Crippen molar-refractivity contribution in [3.05, 3.63) is 78.1 Å². The summed E-state index contributed by atoms with van der Waals surface area (Å²) >= 11 is 0. The number of aromatic nitrogens is 2. The minimum atomic E-state index is -0.867. The van der Waals surface area contributed by atoms with Gasteiger partial charge in [0.1, 0.15) is 23.8 Å². The van der Waals surface area contributed by atoms with Gasteiger partial charge in [-0.25, -0.2) is 18.7 Å². The molecule has 1 saturated heterocycles. The molecule has 1 N–H and O–H groups in total. The quantitative estimate of drug-likeness (QED) is 0.610. The Morgan fingerprint density at radius 2 is 1.78 bits per heavy atom. The summed E-state index contributed by atoms with van der Waals surface area (Å²) in [6, 6.07) is 14.9. The van der Waals surface area contributed by atoms with Crippen LogP contribution in [0.25, 0.3) is 0 Å². The minimum absolute atomic E-state index is 0.196. The standard InChI is InChI=1S/C23H23F2N5O2/c24-18-6-7-20(19(25)12-18)32-15-23(31)28-21-13-22(27-16-26-21)30-10-8-29(9-11-30)14-17-4-2-1-3-5-17/h1-7,12-13,16H,8-11,14-15H2,(H,26,27,28,31). The average molecular weight is 439 g/mol. The maximum absolute atomic E-state index is 13.6. The van der Waals surface area contributed by atoms with Crippen LogP contribution in [0, 0.1) is 11.6 Å². The van der Waals surface area contributed by atoms with Crippen LogP contribution in [0.4, 0.5) is 20.4 Å². The van der Waals surface area contributed by atoms with Crippen LogP contribution in [0.2, 0.25) is 0 Å². The Bertz CT molecular complexity index is 1060. The topological polar surface area (TPSA) is 70.6 Å². The molecule has 1 amide bonds. The van der Waals surface area contributed by atoms with E-state index in [2.05, 4.69) is 37.2 Å². The Labute approximate surface area is 184 Å². The molecule has 0 spiro atoms. The second-order valence-electron chi connectivity index (χ2n) is 7.42. The lowest BCUT2D eigenvalue weighted by molar-refractivity contribution is -0.118. The predicted molar refractivity (Wildman–Crippen MR) is 116 cm³/mol. The first kappa shape index (κ1) is 21.6. The molecule has 1 aliphatic heterocycles. The third-order valence-electron chi connectivity index (χ3n) is 5.12. The van der Waals surface area contributed by atoms with E-state index in [9.17, 15) is 13.6 Å². The molecule has 0 unspecified atom stereocenters. The number of hydrogen-bond donors (Lipinski definition) is 1. The van der Waals surface area contributed by atoms with Crippen LogP contribution in [-0.2, 0) is 11.3 Å². The zero-order valence-electron chi connectivity index (χ0n) is 17.4. The van der Waals surface area contributed by atoms with Crippen molar-refractivity contribution in [1.29, 1.82) is 0 Å². The number of benzene rings is 2. The summed E-state index contributed by atoms with van der Waals surface area (Å²) in [5.41, 5.74) is 1.29. The molecular weight excluding hydrogens is 416 g/mol. The van der Waals surface area contributed by atoms with Gasteiger partial charge in [-0.05, 0) is 17.7 Å². The highest BCUT2D eigenvalue weighted by Crippen LogP contribution is 2.19. The second-order valence-corrected chi connectivity index (χ2v) is 7.42. The van der Waals surface area contributed by atoms with Gasteiger partial charge in [0.25, 0.3) is 5.91 Å². The molecule has 1 fully saturated rings. The molecular formula is C23H23F2N5O2. The highest BCUT2D eigenvalue weighted by molar-refractivity contribution is 5.91. The molecule has 9 heteroatoms. The van der Waals surface area contributed by atoms with Crippen molar-refractivity contribution in [2.24, 2.45) is 0 Å². The van der Waals surface area contributed by atoms with Crippen molar-refractivity contribution < 1.29 is 18.3 Å². The second kappa shape index (κ2) is 10.1. The van der Waals surface area contributed by atoms with E-state index in [1.54, 1.807) is 6.07 Å². The summed E-state index contributed by atoms with van der Waals surface area (Å²) in [4.78, 5) is 25.1. The van der Waals surface area contributed by atoms with E-state index in [0.29, 0.717) is 11.9 Å². The highest BCUT2D eigenvalue weighted by atomic mass is 19.1. The van der Waals surface area contributed by atoms with E-state index in [-0.39, 0.29) is 5.75 Å². The van der Waals surface area contributed by atoms with Crippen molar-refractivity contribution in [3.8, 4) is 5.75 Å². The van der Waals surface area contributed by atoms with Gasteiger partial charge < -0.3 is 15.0 Å². The normalized spacial score (nSPS) is 14.2. The van der Waals surface area contributed by atoms with Crippen molar-refractivity contribution in [2.45, 2.75) is 6.54 Å². The predicted octanol–water partition coefficient (Wildman–Crippen LogP) is 3.09. The summed E-state index contributed by atoms with van der Waals surface area (Å²) in [5, 5.41) is 2.62. The van der Waals surface area contributed by atoms with Gasteiger partial charge in [-0.15, -0.1) is 0 Å². The summed E-state index contributed by atoms with van der Waals surface area (Å²) in [6.07, 6.45) is 1.39. The largest absolute Gasteiger partial charge is 0.481 e. The number of hydrogen-bond acceptors (Lipinski definition) is 6. The van der Waals surface area contributed by atoms with E-state index in [4.69, 9.17) is 4.74 Å². The Hall–Kier alpha value is -3.59. The van der Waals surface area contributed by atoms with Gasteiger partial charge in [0, 0.05) is 44.9 Å². The molecule has 0 atom stereocenters. The fourth-order valence-corrected chi connectivity index (χ4v) is 3.48. The number of piperazine rings is 1. The Morgan fingerprint density at radius 1 is 1.00 bits per heavy atom. The molecule has 3 aromatic rings. The van der Waals surface area contributed by atoms with Crippen molar-refractivity contribution in [3.63, 3.8) is 0 Å². The molecule has 1 aliphatic rings. The summed E-state index contributed by atoms with van der Waals surface area (Å²) < 4.78 is 31.7. The molecule has 4 rings (SSSR count). The van der Waals surface area contributed by atoms with Gasteiger partial charge in [0.2, 0.25) is 0 Å². The molecule has 2 aromatic carbocycles. The number of anilines is 2. The van der Waals surface area contributed by atoms with Crippen LogP contribution < -0.4 is 15.0 Å². The Kier molecular flexibility index (Phi) is 6.86. The fourth-order valence-electron chi connectivity index (χ4n) is 3.48. The molecule has 166 valence electrons. The SMILES string of the molecule is O=C(COc1ccc(F)cc1F)Nc1cc(N2CCN(Cc3ccccc3)CC2)ncn1. The monoisotopic (exact) mass is 439 g/mol. The third kappa shape index (κ3) is 5.76. The molecule has 1 aromatic heterocycles. The number of rotatable bonds is 7. The van der Waals surface area contributed by atoms with Gasteiger partial charge in [-0.2, -0.15) is 0 Å². The van der Waals surface area contributed by atoms with Crippen LogP contribution in [-0.4, -0.2) is 53.6 Å². The zero-order chi connectivity index (χ0) is 22.3. The lowest BCUT2D eigenvalue weighted by Crippen LogP contribution is -2.46. The van der Waals surface area contributed by atoms with Gasteiger partial charge in [0.05, 0.1) is 0 Å². The molecule has 32 heavy (non-hydrogen) atoms. The fraction of sp³-hybridized carbons (Fsp3) is 0.261. The highest BCUT2D eigenvalue weighted by Gasteiger charge is 2.19. The molecule has 0 radical (unpaired) electrons. The summed E-state index contributed by atoms with van der Waals surface area (Å²) in [5.74, 6) is -1.23. The van der Waals surface area contributed by atoms with Crippen molar-refractivity contribution >= 4 is 17.5 Å². The number of carbonyl (C=O) groups is 1. The van der Waals surface area contributed by atoms with Crippen molar-refractivity contribution in [2.75, 3.05) is 43.0 Å². The molecule has 0 bridgehead atoms. The van der Waals surface area contributed by atoms with Crippen LogP contribution in [0.1, 0.15) is 5.56 Å². The first-order valence-corrected chi connectivity index (χ1v) is 10.3. The maximum atomic E-state index is 13.6. The number of carbonyl (C=O) groups excluding carboxylic acids is 1. The first-order valence-electron chi connectivity index (χ1n) is 10.3. The zero-order valence-corrected chi connectivity index (χ0v) is 17.4. The van der Waals surface area contributed by atoms with E-state index in [1.807, 2.05) is 18.2 Å². The van der Waals surface area contributed by atoms with Crippen LogP contribution in [0.5, 0.6) is 5.75 Å². The number of halogens is 2. The Morgan fingerprint density at radius 3 is 2.53 bits per heavy atom.